The van der Waals surface area contributed by atoms with Crippen molar-refractivity contribution in [3.63, 3.8) is 0 Å². The molecule has 0 aromatic rings. The van der Waals surface area contributed by atoms with Gasteiger partial charge in [-0.2, -0.15) is 25.3 Å². The zero-order valence-electron chi connectivity index (χ0n) is 7.34. The molecule has 6 heteroatoms. The summed E-state index contributed by atoms with van der Waals surface area (Å²) in [5.41, 5.74) is 8.72. The molecule has 0 fully saturated rings. The number of halogens is 2. The molecule has 0 aliphatic heterocycles. The minimum atomic E-state index is -1.92. The van der Waals surface area contributed by atoms with Gasteiger partial charge in [-0.05, 0) is 12.8 Å². The maximum absolute atomic E-state index is 13.5. The smallest absolute Gasteiger partial charge is 0.168 e. The molecule has 0 bridgehead atoms. The molecule has 0 heterocycles. The molecule has 2 nitrogen and oxygen atoms in total. The summed E-state index contributed by atoms with van der Waals surface area (Å²) in [5.74, 6) is -2.06. The molecule has 0 aliphatic rings. The third-order valence-electron chi connectivity index (χ3n) is 1.90. The Hall–Kier alpha value is 0.480. The Morgan fingerprint density at radius 3 is 1.92 bits per heavy atom. The summed E-state index contributed by atoms with van der Waals surface area (Å²) >= 11 is 7.52. The second-order valence-electron chi connectivity index (χ2n) is 3.21. The van der Waals surface area contributed by atoms with Crippen LogP contribution in [0.25, 0.3) is 0 Å². The lowest BCUT2D eigenvalue weighted by atomic mass is 9.98. The van der Waals surface area contributed by atoms with Gasteiger partial charge in [-0.3, -0.25) is 5.73 Å². The highest BCUT2D eigenvalue weighted by atomic mass is 32.1. The second-order valence-corrected chi connectivity index (χ2v) is 3.84. The molecule has 0 aromatic heterocycles. The Kier molecular flexibility index (Phi) is 5.58. The predicted molar refractivity (Wildman–Crippen MR) is 57.9 cm³/mol. The molecule has 2 atom stereocenters. The predicted octanol–water partition coefficient (Wildman–Crippen LogP) is 0.918. The minimum absolute atomic E-state index is 0.0217. The molecule has 0 saturated carbocycles. The highest BCUT2D eigenvalue weighted by Crippen LogP contribution is 2.24. The largest absolute Gasteiger partial charge is 0.327 e. The zero-order valence-corrected chi connectivity index (χ0v) is 9.13. The SMILES string of the molecule is NC[C@@](F)(CS)CC[C@](N)(F)CS. The van der Waals surface area contributed by atoms with E-state index in [-0.39, 0.29) is 30.9 Å². The van der Waals surface area contributed by atoms with E-state index in [9.17, 15) is 8.78 Å². The lowest BCUT2D eigenvalue weighted by molar-refractivity contribution is 0.125. The third kappa shape index (κ3) is 5.05. The van der Waals surface area contributed by atoms with Crippen LogP contribution in [0, 0.1) is 0 Å². The van der Waals surface area contributed by atoms with Gasteiger partial charge in [-0.15, -0.1) is 0 Å². The van der Waals surface area contributed by atoms with Crippen molar-refractivity contribution in [3.05, 3.63) is 0 Å². The molecule has 0 spiro atoms. The first-order valence-corrected chi connectivity index (χ1v) is 5.24. The van der Waals surface area contributed by atoms with Crippen molar-refractivity contribution in [3.8, 4) is 0 Å². The Bertz CT molecular complexity index is 151. The van der Waals surface area contributed by atoms with E-state index in [4.69, 9.17) is 11.5 Å². The summed E-state index contributed by atoms with van der Waals surface area (Å²) < 4.78 is 26.6. The van der Waals surface area contributed by atoms with Crippen LogP contribution in [0.2, 0.25) is 0 Å². The van der Waals surface area contributed by atoms with E-state index >= 15 is 0 Å². The second kappa shape index (κ2) is 5.38. The molecule has 0 unspecified atom stereocenters. The molecule has 80 valence electrons. The standard InChI is InChI=1S/C7H16F2N2S2/c8-6(3-10,4-12)1-2-7(9,11)5-13/h12-13H,1-5,10-11H2/t6-,7-/m1/s1. The fourth-order valence-corrected chi connectivity index (χ4v) is 1.20. The van der Waals surface area contributed by atoms with Gasteiger partial charge in [0.1, 0.15) is 5.67 Å². The van der Waals surface area contributed by atoms with Gasteiger partial charge in [0.25, 0.3) is 0 Å². The van der Waals surface area contributed by atoms with E-state index in [2.05, 4.69) is 25.3 Å². The average Bonchev–Trinajstić information content (AvgIpc) is 2.14. The molecule has 0 aromatic carbocycles. The lowest BCUT2D eigenvalue weighted by Crippen LogP contribution is -2.42. The monoisotopic (exact) mass is 230 g/mol. The van der Waals surface area contributed by atoms with Crippen molar-refractivity contribution < 1.29 is 8.78 Å². The Morgan fingerprint density at radius 1 is 1.08 bits per heavy atom. The van der Waals surface area contributed by atoms with Gasteiger partial charge in [-0.1, -0.05) is 0 Å². The summed E-state index contributed by atoms with van der Waals surface area (Å²) in [7, 11) is 0. The first kappa shape index (κ1) is 13.5. The molecule has 0 aliphatic carbocycles. The Labute approximate surface area is 88.2 Å². The number of alkyl halides is 2. The Balaban J connectivity index is 3.99. The van der Waals surface area contributed by atoms with Gasteiger partial charge in [0.05, 0.1) is 0 Å². The van der Waals surface area contributed by atoms with Gasteiger partial charge in [-0.25, -0.2) is 8.78 Å². The maximum Gasteiger partial charge on any atom is 0.168 e. The van der Waals surface area contributed by atoms with Crippen molar-refractivity contribution in [2.75, 3.05) is 18.1 Å². The Morgan fingerprint density at radius 2 is 1.62 bits per heavy atom. The number of hydrogen-bond acceptors (Lipinski definition) is 4. The molecule has 4 N–H and O–H groups in total. The number of thiol groups is 2. The normalized spacial score (nSPS) is 20.8. The van der Waals surface area contributed by atoms with E-state index in [1.807, 2.05) is 0 Å². The topological polar surface area (TPSA) is 52.0 Å². The minimum Gasteiger partial charge on any atom is -0.327 e. The molecule has 0 rings (SSSR count). The molecule has 0 saturated heterocycles. The summed E-state index contributed by atoms with van der Waals surface area (Å²) in [4.78, 5) is 0. The fourth-order valence-electron chi connectivity index (χ4n) is 0.757. The van der Waals surface area contributed by atoms with Gasteiger partial charge >= 0.3 is 0 Å². The van der Waals surface area contributed by atoms with Crippen molar-refractivity contribution >= 4 is 25.3 Å². The van der Waals surface area contributed by atoms with Crippen molar-refractivity contribution in [2.24, 2.45) is 11.5 Å². The van der Waals surface area contributed by atoms with E-state index in [0.29, 0.717) is 0 Å². The van der Waals surface area contributed by atoms with Crippen LogP contribution in [0.15, 0.2) is 0 Å². The van der Waals surface area contributed by atoms with E-state index in [1.54, 1.807) is 0 Å². The van der Waals surface area contributed by atoms with E-state index in [0.717, 1.165) is 0 Å². The highest BCUT2D eigenvalue weighted by Gasteiger charge is 2.31. The third-order valence-corrected chi connectivity index (χ3v) is 2.99. The molecular formula is C7H16F2N2S2. The fraction of sp³-hybridized carbons (Fsp3) is 1.00. The quantitative estimate of drug-likeness (QED) is 0.405. The number of rotatable bonds is 6. The van der Waals surface area contributed by atoms with Crippen LogP contribution in [0.3, 0.4) is 0 Å². The van der Waals surface area contributed by atoms with Crippen molar-refractivity contribution in [1.82, 2.24) is 0 Å². The van der Waals surface area contributed by atoms with E-state index < -0.39 is 11.5 Å². The first-order chi connectivity index (χ1) is 5.89. The van der Waals surface area contributed by atoms with Crippen LogP contribution in [0.5, 0.6) is 0 Å². The molecule has 0 amide bonds. The van der Waals surface area contributed by atoms with Gasteiger partial charge in [0.15, 0.2) is 5.79 Å². The van der Waals surface area contributed by atoms with Gasteiger partial charge in [0, 0.05) is 18.1 Å². The van der Waals surface area contributed by atoms with Crippen molar-refractivity contribution in [1.29, 1.82) is 0 Å². The maximum atomic E-state index is 13.5. The van der Waals surface area contributed by atoms with Crippen LogP contribution in [0.4, 0.5) is 8.78 Å². The lowest BCUT2D eigenvalue weighted by Gasteiger charge is -2.25. The molecular weight excluding hydrogens is 214 g/mol. The van der Waals surface area contributed by atoms with Crippen LogP contribution in [-0.2, 0) is 0 Å². The first-order valence-electron chi connectivity index (χ1n) is 3.98. The van der Waals surface area contributed by atoms with Gasteiger partial charge < -0.3 is 5.73 Å². The summed E-state index contributed by atoms with van der Waals surface area (Å²) in [6.45, 7) is -0.168. The number of hydrogen-bond donors (Lipinski definition) is 4. The van der Waals surface area contributed by atoms with Crippen LogP contribution < -0.4 is 11.5 Å². The summed E-state index contributed by atoms with van der Waals surface area (Å²) in [6, 6.07) is 0. The van der Waals surface area contributed by atoms with Crippen LogP contribution in [0.1, 0.15) is 12.8 Å². The number of nitrogens with two attached hydrogens (primary N) is 2. The average molecular weight is 230 g/mol. The molecule has 0 radical (unpaired) electrons. The highest BCUT2D eigenvalue weighted by molar-refractivity contribution is 7.80. The van der Waals surface area contributed by atoms with Crippen LogP contribution in [-0.4, -0.2) is 29.5 Å². The van der Waals surface area contributed by atoms with Crippen LogP contribution >= 0.6 is 25.3 Å². The van der Waals surface area contributed by atoms with E-state index in [1.165, 1.54) is 0 Å². The zero-order chi connectivity index (χ0) is 10.5. The van der Waals surface area contributed by atoms with Gasteiger partial charge in [0.2, 0.25) is 0 Å². The molecule has 13 heavy (non-hydrogen) atoms. The summed E-state index contributed by atoms with van der Waals surface area (Å²) in [6.07, 6.45) is -0.120. The summed E-state index contributed by atoms with van der Waals surface area (Å²) in [5, 5.41) is 0. The van der Waals surface area contributed by atoms with Crippen molar-refractivity contribution in [2.45, 2.75) is 24.3 Å².